The molecule has 0 bridgehead atoms. The van der Waals surface area contributed by atoms with Gasteiger partial charge in [-0.3, -0.25) is 0 Å². The van der Waals surface area contributed by atoms with Crippen LogP contribution in [0.4, 0.5) is 0 Å². The Labute approximate surface area is 106 Å². The fourth-order valence-electron chi connectivity index (χ4n) is 2.56. The highest BCUT2D eigenvalue weighted by Crippen LogP contribution is 2.32. The van der Waals surface area contributed by atoms with Gasteiger partial charge in [0.1, 0.15) is 0 Å². The van der Waals surface area contributed by atoms with Crippen molar-refractivity contribution in [1.29, 1.82) is 0 Å². The van der Waals surface area contributed by atoms with Crippen LogP contribution in [0.3, 0.4) is 0 Å². The van der Waals surface area contributed by atoms with Gasteiger partial charge in [-0.05, 0) is 49.3 Å². The monoisotopic (exact) mass is 231 g/mol. The molecule has 2 rings (SSSR count). The molecule has 1 aromatic carbocycles. The molecule has 0 saturated carbocycles. The first kappa shape index (κ1) is 12.6. The summed E-state index contributed by atoms with van der Waals surface area (Å²) in [5.41, 5.74) is 4.90. The fraction of sp³-hybridized carbons (Fsp3) is 0.625. The van der Waals surface area contributed by atoms with Crippen LogP contribution in [0.5, 0.6) is 0 Å². The number of aryl methyl sites for hydroxylation is 2. The van der Waals surface area contributed by atoms with Crippen molar-refractivity contribution in [2.45, 2.75) is 53.0 Å². The Morgan fingerprint density at radius 2 is 2.06 bits per heavy atom. The Hall–Kier alpha value is -0.820. The molecule has 0 radical (unpaired) electrons. The van der Waals surface area contributed by atoms with Gasteiger partial charge in [0.2, 0.25) is 0 Å². The molecule has 0 aromatic heterocycles. The minimum atomic E-state index is 0.432. The Morgan fingerprint density at radius 1 is 1.29 bits per heavy atom. The van der Waals surface area contributed by atoms with Gasteiger partial charge in [0, 0.05) is 6.04 Å². The third-order valence-electron chi connectivity index (χ3n) is 3.64. The summed E-state index contributed by atoms with van der Waals surface area (Å²) in [6, 6.07) is 7.48. The molecule has 1 heteroatoms. The summed E-state index contributed by atoms with van der Waals surface area (Å²) in [5.74, 6) is 0. The average Bonchev–Trinajstić information content (AvgIpc) is 2.59. The molecular formula is C16H25N. The van der Waals surface area contributed by atoms with Crippen molar-refractivity contribution in [1.82, 2.24) is 5.32 Å². The molecule has 0 heterocycles. The largest absolute Gasteiger partial charge is 0.310 e. The van der Waals surface area contributed by atoms with E-state index in [1.54, 1.807) is 11.1 Å². The van der Waals surface area contributed by atoms with E-state index in [-0.39, 0.29) is 0 Å². The second kappa shape index (κ2) is 4.81. The van der Waals surface area contributed by atoms with Gasteiger partial charge in [-0.25, -0.2) is 0 Å². The molecule has 94 valence electrons. The number of benzene rings is 1. The van der Waals surface area contributed by atoms with E-state index in [0.29, 0.717) is 11.5 Å². The van der Waals surface area contributed by atoms with Crippen molar-refractivity contribution in [2.24, 2.45) is 5.41 Å². The molecule has 1 aliphatic carbocycles. The smallest absolute Gasteiger partial charge is 0.0326 e. The van der Waals surface area contributed by atoms with E-state index in [9.17, 15) is 0 Å². The minimum Gasteiger partial charge on any atom is -0.310 e. The van der Waals surface area contributed by atoms with Crippen LogP contribution in [0.2, 0.25) is 0 Å². The standard InChI is InChI=1S/C16H25N/c1-12-5-6-13-7-8-15(14(13)11-12)17-10-9-16(2,3)4/h5-6,11,15,17H,7-10H2,1-4H3. The zero-order chi connectivity index (χ0) is 12.5. The average molecular weight is 231 g/mol. The van der Waals surface area contributed by atoms with E-state index in [2.05, 4.69) is 51.2 Å². The van der Waals surface area contributed by atoms with E-state index in [4.69, 9.17) is 0 Å². The lowest BCUT2D eigenvalue weighted by Gasteiger charge is -2.21. The summed E-state index contributed by atoms with van der Waals surface area (Å²) in [6.45, 7) is 10.2. The lowest BCUT2D eigenvalue weighted by Crippen LogP contribution is -2.24. The van der Waals surface area contributed by atoms with E-state index < -0.39 is 0 Å². The number of hydrogen-bond acceptors (Lipinski definition) is 1. The number of rotatable bonds is 3. The van der Waals surface area contributed by atoms with Crippen LogP contribution >= 0.6 is 0 Å². The molecule has 0 aliphatic heterocycles. The molecule has 1 atom stereocenters. The highest BCUT2D eigenvalue weighted by atomic mass is 14.9. The summed E-state index contributed by atoms with van der Waals surface area (Å²) in [5, 5.41) is 3.72. The summed E-state index contributed by atoms with van der Waals surface area (Å²) in [6.07, 6.45) is 3.75. The van der Waals surface area contributed by atoms with Gasteiger partial charge in [-0.1, -0.05) is 44.5 Å². The fourth-order valence-corrected chi connectivity index (χ4v) is 2.56. The quantitative estimate of drug-likeness (QED) is 0.829. The second-order valence-electron chi connectivity index (χ2n) is 6.56. The van der Waals surface area contributed by atoms with Crippen molar-refractivity contribution >= 4 is 0 Å². The lowest BCUT2D eigenvalue weighted by atomic mass is 9.92. The molecule has 0 saturated heterocycles. The van der Waals surface area contributed by atoms with Crippen molar-refractivity contribution in [3.05, 3.63) is 34.9 Å². The van der Waals surface area contributed by atoms with E-state index in [1.807, 2.05) is 0 Å². The van der Waals surface area contributed by atoms with Crippen molar-refractivity contribution in [3.63, 3.8) is 0 Å². The Kier molecular flexibility index (Phi) is 3.58. The molecule has 1 aromatic rings. The van der Waals surface area contributed by atoms with Crippen molar-refractivity contribution in [2.75, 3.05) is 6.54 Å². The highest BCUT2D eigenvalue weighted by molar-refractivity contribution is 5.37. The molecule has 17 heavy (non-hydrogen) atoms. The Bertz CT molecular complexity index is 387. The number of fused-ring (bicyclic) bond motifs is 1. The molecule has 1 aliphatic rings. The maximum atomic E-state index is 3.72. The summed E-state index contributed by atoms with van der Waals surface area (Å²) in [4.78, 5) is 0. The van der Waals surface area contributed by atoms with Crippen LogP contribution < -0.4 is 5.32 Å². The Morgan fingerprint density at radius 3 is 2.76 bits per heavy atom. The Balaban J connectivity index is 1.95. The predicted octanol–water partition coefficient (Wildman–Crippen LogP) is 4.01. The maximum absolute atomic E-state index is 3.72. The summed E-state index contributed by atoms with van der Waals surface area (Å²) < 4.78 is 0. The van der Waals surface area contributed by atoms with Crippen LogP contribution in [0.15, 0.2) is 18.2 Å². The molecular weight excluding hydrogens is 206 g/mol. The molecule has 1 unspecified atom stereocenters. The third-order valence-corrected chi connectivity index (χ3v) is 3.64. The topological polar surface area (TPSA) is 12.0 Å². The van der Waals surface area contributed by atoms with Crippen LogP contribution in [-0.4, -0.2) is 6.54 Å². The first-order chi connectivity index (χ1) is 7.96. The first-order valence-electron chi connectivity index (χ1n) is 6.78. The molecule has 1 nitrogen and oxygen atoms in total. The molecule has 1 N–H and O–H groups in total. The van der Waals surface area contributed by atoms with Gasteiger partial charge in [0.05, 0.1) is 0 Å². The van der Waals surface area contributed by atoms with Crippen molar-refractivity contribution < 1.29 is 0 Å². The number of hydrogen-bond donors (Lipinski definition) is 1. The van der Waals surface area contributed by atoms with E-state index in [1.165, 1.54) is 24.8 Å². The van der Waals surface area contributed by atoms with Gasteiger partial charge in [0.25, 0.3) is 0 Å². The normalized spacial score (nSPS) is 19.4. The second-order valence-corrected chi connectivity index (χ2v) is 6.56. The third kappa shape index (κ3) is 3.32. The number of nitrogens with one attached hydrogen (secondary N) is 1. The highest BCUT2D eigenvalue weighted by Gasteiger charge is 2.22. The van der Waals surface area contributed by atoms with Gasteiger partial charge in [-0.2, -0.15) is 0 Å². The van der Waals surface area contributed by atoms with Crippen LogP contribution in [0.25, 0.3) is 0 Å². The van der Waals surface area contributed by atoms with Gasteiger partial charge in [-0.15, -0.1) is 0 Å². The van der Waals surface area contributed by atoms with Crippen LogP contribution in [0, 0.1) is 12.3 Å². The zero-order valence-electron chi connectivity index (χ0n) is 11.6. The molecule has 0 amide bonds. The first-order valence-corrected chi connectivity index (χ1v) is 6.78. The maximum Gasteiger partial charge on any atom is 0.0326 e. The van der Waals surface area contributed by atoms with E-state index >= 15 is 0 Å². The van der Waals surface area contributed by atoms with Gasteiger partial charge in [0.15, 0.2) is 0 Å². The zero-order valence-corrected chi connectivity index (χ0v) is 11.6. The van der Waals surface area contributed by atoms with Gasteiger partial charge >= 0.3 is 0 Å². The SMILES string of the molecule is Cc1ccc2c(c1)C(NCCC(C)(C)C)CC2. The lowest BCUT2D eigenvalue weighted by molar-refractivity contribution is 0.354. The van der Waals surface area contributed by atoms with E-state index in [0.717, 1.165) is 6.54 Å². The summed E-state index contributed by atoms with van der Waals surface area (Å²) >= 11 is 0. The summed E-state index contributed by atoms with van der Waals surface area (Å²) in [7, 11) is 0. The van der Waals surface area contributed by atoms with Crippen LogP contribution in [-0.2, 0) is 6.42 Å². The van der Waals surface area contributed by atoms with Gasteiger partial charge < -0.3 is 5.32 Å². The predicted molar refractivity (Wildman–Crippen MR) is 74.3 cm³/mol. The van der Waals surface area contributed by atoms with Crippen molar-refractivity contribution in [3.8, 4) is 0 Å². The molecule has 0 spiro atoms. The van der Waals surface area contributed by atoms with Crippen LogP contribution in [0.1, 0.15) is 56.3 Å². The minimum absolute atomic E-state index is 0.432. The molecule has 0 fully saturated rings.